The first-order chi connectivity index (χ1) is 7.17. The smallest absolute Gasteiger partial charge is 0.255 e. The van der Waals surface area contributed by atoms with Crippen molar-refractivity contribution in [3.8, 4) is 5.75 Å². The van der Waals surface area contributed by atoms with Crippen molar-refractivity contribution >= 4 is 33.4 Å². The summed E-state index contributed by atoms with van der Waals surface area (Å²) in [6, 6.07) is 1.24. The highest BCUT2D eigenvalue weighted by Crippen LogP contribution is 2.32. The summed E-state index contributed by atoms with van der Waals surface area (Å²) in [6.07, 6.45) is 1.92. The number of thiazole rings is 1. The van der Waals surface area contributed by atoms with Gasteiger partial charge in [0.25, 0.3) is 5.56 Å². The van der Waals surface area contributed by atoms with Crippen LogP contribution in [0.1, 0.15) is 6.92 Å². The molecule has 0 unspecified atom stereocenters. The maximum Gasteiger partial charge on any atom is 0.255 e. The third-order valence-electron chi connectivity index (χ3n) is 2.10. The van der Waals surface area contributed by atoms with E-state index in [-0.39, 0.29) is 11.3 Å². The van der Waals surface area contributed by atoms with Crippen LogP contribution >= 0.6 is 23.1 Å². The Morgan fingerprint density at radius 3 is 3.00 bits per heavy atom. The number of fused-ring (bicyclic) bond motifs is 1. The summed E-state index contributed by atoms with van der Waals surface area (Å²) < 4.78 is 3.10. The molecule has 0 amide bonds. The molecule has 0 aliphatic heterocycles. The van der Waals surface area contributed by atoms with Gasteiger partial charge in [0, 0.05) is 12.6 Å². The average Bonchev–Trinajstić information content (AvgIpc) is 2.62. The van der Waals surface area contributed by atoms with E-state index in [1.54, 1.807) is 4.57 Å². The van der Waals surface area contributed by atoms with Gasteiger partial charge in [0.05, 0.1) is 0 Å². The second kappa shape index (κ2) is 3.86. The first kappa shape index (κ1) is 10.5. The topological polar surface area (TPSA) is 55.1 Å². The van der Waals surface area contributed by atoms with Crippen LogP contribution < -0.4 is 5.56 Å². The van der Waals surface area contributed by atoms with Crippen LogP contribution in [-0.2, 0) is 6.54 Å². The van der Waals surface area contributed by atoms with E-state index in [1.165, 1.54) is 29.2 Å². The highest BCUT2D eigenvalue weighted by molar-refractivity contribution is 8.00. The molecule has 80 valence electrons. The molecular weight excluding hydrogens is 232 g/mol. The van der Waals surface area contributed by atoms with Crippen molar-refractivity contribution in [2.24, 2.45) is 0 Å². The molecule has 2 aromatic heterocycles. The lowest BCUT2D eigenvalue weighted by Crippen LogP contribution is -2.18. The van der Waals surface area contributed by atoms with E-state index in [0.29, 0.717) is 16.9 Å². The Morgan fingerprint density at radius 2 is 2.40 bits per heavy atom. The molecule has 4 nitrogen and oxygen atoms in total. The lowest BCUT2D eigenvalue weighted by Gasteiger charge is -2.02. The van der Waals surface area contributed by atoms with Gasteiger partial charge in [-0.2, -0.15) is 0 Å². The standard InChI is InChI=1S/C9H10N2O2S2/c1-3-11-6(13)4-5(12)7-8(11)10-9(14-2)15-7/h4,12H,3H2,1-2H3. The Bertz CT molecular complexity index is 559. The molecular formula is C9H10N2O2S2. The minimum atomic E-state index is -0.208. The van der Waals surface area contributed by atoms with Crippen molar-refractivity contribution in [2.45, 2.75) is 17.8 Å². The zero-order chi connectivity index (χ0) is 11.0. The van der Waals surface area contributed by atoms with Crippen LogP contribution in [0, 0.1) is 0 Å². The first-order valence-electron chi connectivity index (χ1n) is 4.44. The van der Waals surface area contributed by atoms with Crippen LogP contribution in [0.3, 0.4) is 0 Å². The van der Waals surface area contributed by atoms with Crippen molar-refractivity contribution < 1.29 is 5.11 Å². The summed E-state index contributed by atoms with van der Waals surface area (Å²) in [4.78, 5) is 15.9. The minimum absolute atomic E-state index is 0.0255. The Kier molecular flexibility index (Phi) is 2.70. The van der Waals surface area contributed by atoms with Crippen LogP contribution in [0.4, 0.5) is 0 Å². The minimum Gasteiger partial charge on any atom is -0.506 e. The van der Waals surface area contributed by atoms with Crippen LogP contribution in [-0.4, -0.2) is 20.9 Å². The number of aromatic hydroxyl groups is 1. The predicted octanol–water partition coefficient (Wildman–Crippen LogP) is 1.91. The summed E-state index contributed by atoms with van der Waals surface area (Å²) in [7, 11) is 0. The molecule has 0 spiro atoms. The molecule has 0 fully saturated rings. The van der Waals surface area contributed by atoms with Gasteiger partial charge in [-0.25, -0.2) is 4.98 Å². The third-order valence-corrected chi connectivity index (χ3v) is 4.15. The number of hydrogen-bond acceptors (Lipinski definition) is 5. The van der Waals surface area contributed by atoms with Crippen molar-refractivity contribution in [3.63, 3.8) is 0 Å². The molecule has 0 radical (unpaired) electrons. The van der Waals surface area contributed by atoms with Crippen molar-refractivity contribution in [1.82, 2.24) is 9.55 Å². The quantitative estimate of drug-likeness (QED) is 0.817. The Balaban J connectivity index is 2.87. The van der Waals surface area contributed by atoms with E-state index in [1.807, 2.05) is 13.2 Å². The monoisotopic (exact) mass is 242 g/mol. The van der Waals surface area contributed by atoms with Crippen LogP contribution in [0.5, 0.6) is 5.75 Å². The molecule has 0 saturated heterocycles. The SMILES string of the molecule is CCn1c(=O)cc(O)c2sc(SC)nc21. The summed E-state index contributed by atoms with van der Waals surface area (Å²) in [6.45, 7) is 2.45. The van der Waals surface area contributed by atoms with Crippen LogP contribution in [0.25, 0.3) is 10.3 Å². The molecule has 6 heteroatoms. The number of rotatable bonds is 2. The number of aryl methyl sites for hydroxylation is 1. The van der Waals surface area contributed by atoms with E-state index in [9.17, 15) is 9.90 Å². The molecule has 0 aliphatic carbocycles. The maximum absolute atomic E-state index is 11.5. The molecule has 0 aliphatic rings. The Morgan fingerprint density at radius 1 is 1.67 bits per heavy atom. The highest BCUT2D eigenvalue weighted by Gasteiger charge is 2.12. The molecule has 2 heterocycles. The summed E-state index contributed by atoms with van der Waals surface area (Å²) in [5, 5.41) is 9.63. The first-order valence-corrected chi connectivity index (χ1v) is 6.48. The maximum atomic E-state index is 11.5. The van der Waals surface area contributed by atoms with E-state index >= 15 is 0 Å². The highest BCUT2D eigenvalue weighted by atomic mass is 32.2. The number of hydrogen-bond donors (Lipinski definition) is 1. The fourth-order valence-electron chi connectivity index (χ4n) is 1.40. The van der Waals surface area contributed by atoms with Crippen molar-refractivity contribution in [1.29, 1.82) is 0 Å². The average molecular weight is 242 g/mol. The number of thioether (sulfide) groups is 1. The second-order valence-electron chi connectivity index (χ2n) is 2.95. The normalized spacial score (nSPS) is 11.1. The summed E-state index contributed by atoms with van der Waals surface area (Å²) in [5.74, 6) is 0.0255. The molecule has 2 rings (SSSR count). The van der Waals surface area contributed by atoms with Gasteiger partial charge >= 0.3 is 0 Å². The zero-order valence-corrected chi connectivity index (χ0v) is 9.98. The molecule has 2 aromatic rings. The summed E-state index contributed by atoms with van der Waals surface area (Å²) >= 11 is 2.91. The number of pyridine rings is 1. The Hall–Kier alpha value is -1.01. The van der Waals surface area contributed by atoms with Gasteiger partial charge in [0.15, 0.2) is 9.99 Å². The zero-order valence-electron chi connectivity index (χ0n) is 8.35. The van der Waals surface area contributed by atoms with E-state index in [4.69, 9.17) is 0 Å². The van der Waals surface area contributed by atoms with Crippen LogP contribution in [0.15, 0.2) is 15.2 Å². The fourth-order valence-corrected chi connectivity index (χ4v) is 2.88. The largest absolute Gasteiger partial charge is 0.506 e. The van der Waals surface area contributed by atoms with Crippen molar-refractivity contribution in [3.05, 3.63) is 16.4 Å². The Labute approximate surface area is 94.6 Å². The second-order valence-corrected chi connectivity index (χ2v) is 5.00. The molecule has 0 aromatic carbocycles. The van der Waals surface area contributed by atoms with Gasteiger partial charge in [-0.05, 0) is 13.2 Å². The van der Waals surface area contributed by atoms with Gasteiger partial charge in [0.1, 0.15) is 10.4 Å². The lowest BCUT2D eigenvalue weighted by atomic mass is 10.4. The molecule has 0 atom stereocenters. The van der Waals surface area contributed by atoms with E-state index in [0.717, 1.165) is 4.34 Å². The molecule has 0 saturated carbocycles. The molecule has 0 bridgehead atoms. The number of aromatic nitrogens is 2. The van der Waals surface area contributed by atoms with Gasteiger partial charge in [-0.15, -0.1) is 11.3 Å². The van der Waals surface area contributed by atoms with Gasteiger partial charge < -0.3 is 5.11 Å². The van der Waals surface area contributed by atoms with Crippen LogP contribution in [0.2, 0.25) is 0 Å². The van der Waals surface area contributed by atoms with Gasteiger partial charge in [-0.3, -0.25) is 9.36 Å². The fraction of sp³-hybridized carbons (Fsp3) is 0.333. The van der Waals surface area contributed by atoms with Gasteiger partial charge in [0.2, 0.25) is 0 Å². The van der Waals surface area contributed by atoms with Gasteiger partial charge in [-0.1, -0.05) is 11.8 Å². The van der Waals surface area contributed by atoms with Crippen molar-refractivity contribution in [2.75, 3.05) is 6.26 Å². The third kappa shape index (κ3) is 1.63. The summed E-state index contributed by atoms with van der Waals surface area (Å²) in [5.41, 5.74) is 0.373. The lowest BCUT2D eigenvalue weighted by molar-refractivity contribution is 0.479. The molecule has 15 heavy (non-hydrogen) atoms. The molecule has 1 N–H and O–H groups in total. The van der Waals surface area contributed by atoms with E-state index in [2.05, 4.69) is 4.98 Å². The van der Waals surface area contributed by atoms with E-state index < -0.39 is 0 Å². The predicted molar refractivity (Wildman–Crippen MR) is 63.0 cm³/mol. The number of nitrogens with zero attached hydrogens (tertiary/aromatic N) is 2.